The molecule has 7 heteroatoms. The Balaban J connectivity index is 1.43. The molecule has 136 valence electrons. The van der Waals surface area contributed by atoms with Crippen LogP contribution in [0.4, 0.5) is 13.2 Å². The molecule has 1 aromatic heterocycles. The fraction of sp³-hybridized carbons (Fsp3) is 0.667. The lowest BCUT2D eigenvalue weighted by Crippen LogP contribution is -2.44. The third-order valence-corrected chi connectivity index (χ3v) is 6.40. The highest BCUT2D eigenvalue weighted by atomic mass is 19.4. The molecule has 0 unspecified atom stereocenters. The van der Waals surface area contributed by atoms with E-state index in [4.69, 9.17) is 0 Å². The number of amides is 1. The molecule has 4 nitrogen and oxygen atoms in total. The molecular weight excluding hydrogens is 333 g/mol. The summed E-state index contributed by atoms with van der Waals surface area (Å²) in [6.45, 7) is -0.370. The van der Waals surface area contributed by atoms with Crippen molar-refractivity contribution in [2.45, 2.75) is 50.9 Å². The minimum absolute atomic E-state index is 0.110. The summed E-state index contributed by atoms with van der Waals surface area (Å²) >= 11 is 0. The van der Waals surface area contributed by atoms with Gasteiger partial charge in [0.15, 0.2) is 0 Å². The minimum atomic E-state index is -4.53. The van der Waals surface area contributed by atoms with Gasteiger partial charge < -0.3 is 9.88 Å². The van der Waals surface area contributed by atoms with E-state index in [1.165, 1.54) is 19.3 Å². The number of nitrogens with zero attached hydrogens (tertiary/aromatic N) is 1. The van der Waals surface area contributed by atoms with Gasteiger partial charge in [0.2, 0.25) is 5.91 Å². The molecule has 1 heterocycles. The molecule has 3 aliphatic carbocycles. The molecule has 3 fully saturated rings. The maximum Gasteiger partial charge on any atom is 0.417 e. The van der Waals surface area contributed by atoms with Crippen LogP contribution in [-0.2, 0) is 17.5 Å². The van der Waals surface area contributed by atoms with Gasteiger partial charge in [0.25, 0.3) is 5.56 Å². The molecule has 5 atom stereocenters. The van der Waals surface area contributed by atoms with E-state index in [1.54, 1.807) is 0 Å². The number of carbonyl (C=O) groups excluding carboxylic acids is 1. The zero-order chi connectivity index (χ0) is 17.8. The van der Waals surface area contributed by atoms with Crippen molar-refractivity contribution in [3.8, 4) is 0 Å². The molecule has 0 radical (unpaired) electrons. The predicted octanol–water partition coefficient (Wildman–Crippen LogP) is 2.81. The Morgan fingerprint density at radius 3 is 2.68 bits per heavy atom. The second-order valence-electron chi connectivity index (χ2n) is 7.71. The summed E-state index contributed by atoms with van der Waals surface area (Å²) in [5, 5.41) is 2.98. The maximum absolute atomic E-state index is 12.8. The molecule has 0 aromatic carbocycles. The van der Waals surface area contributed by atoms with Crippen molar-refractivity contribution in [3.63, 3.8) is 0 Å². The number of pyridine rings is 1. The summed E-state index contributed by atoms with van der Waals surface area (Å²) in [6, 6.07) is 1.71. The Labute approximate surface area is 143 Å². The van der Waals surface area contributed by atoms with E-state index in [0.29, 0.717) is 17.8 Å². The van der Waals surface area contributed by atoms with Crippen LogP contribution >= 0.6 is 0 Å². The number of hydrogen-bond acceptors (Lipinski definition) is 2. The lowest BCUT2D eigenvalue weighted by molar-refractivity contribution is -0.138. The molecule has 1 aromatic rings. The van der Waals surface area contributed by atoms with E-state index in [0.717, 1.165) is 41.7 Å². The van der Waals surface area contributed by atoms with Gasteiger partial charge in [-0.15, -0.1) is 0 Å². The highest BCUT2D eigenvalue weighted by Gasteiger charge is 2.54. The number of fused-ring (bicyclic) bond motifs is 5. The van der Waals surface area contributed by atoms with Crippen molar-refractivity contribution in [2.75, 3.05) is 0 Å². The molecule has 2 bridgehead atoms. The normalized spacial score (nSPS) is 33.5. The van der Waals surface area contributed by atoms with Crippen molar-refractivity contribution in [1.82, 2.24) is 9.88 Å². The molecule has 25 heavy (non-hydrogen) atoms. The van der Waals surface area contributed by atoms with Crippen LogP contribution in [0, 0.1) is 23.7 Å². The predicted molar refractivity (Wildman–Crippen MR) is 84.7 cm³/mol. The van der Waals surface area contributed by atoms with Crippen molar-refractivity contribution in [2.24, 2.45) is 23.7 Å². The Bertz CT molecular complexity index is 743. The summed E-state index contributed by atoms with van der Waals surface area (Å²) in [4.78, 5) is 24.1. The van der Waals surface area contributed by atoms with Gasteiger partial charge in [-0.1, -0.05) is 6.42 Å². The van der Waals surface area contributed by atoms with Gasteiger partial charge in [-0.25, -0.2) is 0 Å². The van der Waals surface area contributed by atoms with Crippen molar-refractivity contribution in [1.29, 1.82) is 0 Å². The summed E-state index contributed by atoms with van der Waals surface area (Å²) in [5.41, 5.74) is -1.53. The Morgan fingerprint density at radius 1 is 1.16 bits per heavy atom. The van der Waals surface area contributed by atoms with Crippen molar-refractivity contribution in [3.05, 3.63) is 34.2 Å². The largest absolute Gasteiger partial charge is 0.417 e. The van der Waals surface area contributed by atoms with Gasteiger partial charge in [-0.3, -0.25) is 9.59 Å². The van der Waals surface area contributed by atoms with Gasteiger partial charge in [-0.2, -0.15) is 13.2 Å². The van der Waals surface area contributed by atoms with E-state index in [-0.39, 0.29) is 18.5 Å². The molecular formula is C18H21F3N2O2. The molecule has 0 aliphatic heterocycles. The third kappa shape index (κ3) is 2.98. The van der Waals surface area contributed by atoms with Crippen LogP contribution in [0.15, 0.2) is 23.1 Å². The van der Waals surface area contributed by atoms with Gasteiger partial charge in [-0.05, 0) is 55.4 Å². The molecule has 4 rings (SSSR count). The maximum atomic E-state index is 12.8. The van der Waals surface area contributed by atoms with E-state index < -0.39 is 17.3 Å². The number of nitrogens with one attached hydrogen (secondary N) is 1. The molecule has 3 aliphatic rings. The van der Waals surface area contributed by atoms with Crippen molar-refractivity contribution < 1.29 is 18.0 Å². The monoisotopic (exact) mass is 354 g/mol. The van der Waals surface area contributed by atoms with E-state index in [9.17, 15) is 22.8 Å². The third-order valence-electron chi connectivity index (χ3n) is 6.40. The highest BCUT2D eigenvalue weighted by molar-refractivity contribution is 5.76. The van der Waals surface area contributed by atoms with Gasteiger partial charge in [0.05, 0.1) is 5.56 Å². The first-order valence-electron chi connectivity index (χ1n) is 8.90. The second kappa shape index (κ2) is 5.88. The van der Waals surface area contributed by atoms with Crippen molar-refractivity contribution >= 4 is 5.91 Å². The Hall–Kier alpha value is -1.79. The number of alkyl halides is 3. The zero-order valence-electron chi connectivity index (χ0n) is 13.8. The standard InChI is InChI=1S/C18H21F3N2O2/c19-18(20,21)11-4-5-17(25)23(8-11)9-16(24)22-15-7-10-6-14(15)13-3-1-2-12(10)13/h4-5,8,10,12-15H,1-3,6-7,9H2,(H,22,24)/t10-,12-,13+,14+,15-/m1/s1. The SMILES string of the molecule is O=C(Cn1cc(C(F)(F)F)ccc1=O)N[C@@H]1C[C@H]2C[C@H]1[C@H]1CCC[C@H]21. The Kier molecular flexibility index (Phi) is 3.92. The van der Waals surface area contributed by atoms with Crippen LogP contribution < -0.4 is 10.9 Å². The first-order valence-corrected chi connectivity index (χ1v) is 8.90. The van der Waals surface area contributed by atoms with E-state index >= 15 is 0 Å². The lowest BCUT2D eigenvalue weighted by Gasteiger charge is -2.32. The smallest absolute Gasteiger partial charge is 0.352 e. The van der Waals surface area contributed by atoms with Gasteiger partial charge >= 0.3 is 6.18 Å². The van der Waals surface area contributed by atoms with Crippen LogP contribution in [0.2, 0.25) is 0 Å². The average molecular weight is 354 g/mol. The quantitative estimate of drug-likeness (QED) is 0.908. The van der Waals surface area contributed by atoms with Crippen LogP contribution in [0.1, 0.15) is 37.7 Å². The van der Waals surface area contributed by atoms with Crippen LogP contribution in [0.3, 0.4) is 0 Å². The zero-order valence-corrected chi connectivity index (χ0v) is 13.8. The van der Waals surface area contributed by atoms with Gasteiger partial charge in [0, 0.05) is 18.3 Å². The summed E-state index contributed by atoms with van der Waals surface area (Å²) in [6.07, 6.45) is 2.10. The number of halogens is 3. The topological polar surface area (TPSA) is 51.1 Å². The fourth-order valence-electron chi connectivity index (χ4n) is 5.46. The van der Waals surface area contributed by atoms with E-state index in [1.807, 2.05) is 0 Å². The van der Waals surface area contributed by atoms with Crippen LogP contribution in [0.25, 0.3) is 0 Å². The molecule has 1 N–H and O–H groups in total. The van der Waals surface area contributed by atoms with Crippen LogP contribution in [0.5, 0.6) is 0 Å². The van der Waals surface area contributed by atoms with Gasteiger partial charge in [0.1, 0.15) is 6.54 Å². The Morgan fingerprint density at radius 2 is 1.92 bits per heavy atom. The minimum Gasteiger partial charge on any atom is -0.352 e. The number of rotatable bonds is 3. The summed E-state index contributed by atoms with van der Waals surface area (Å²) in [5.74, 6) is 2.30. The number of carbonyl (C=O) groups is 1. The first kappa shape index (κ1) is 16.7. The lowest BCUT2D eigenvalue weighted by atomic mass is 9.79. The molecule has 3 saturated carbocycles. The number of aromatic nitrogens is 1. The summed E-state index contributed by atoms with van der Waals surface area (Å²) in [7, 11) is 0. The number of hydrogen-bond donors (Lipinski definition) is 1. The highest BCUT2D eigenvalue weighted by Crippen LogP contribution is 2.58. The molecule has 0 saturated heterocycles. The summed E-state index contributed by atoms with van der Waals surface area (Å²) < 4.78 is 39.2. The average Bonchev–Trinajstić information content (AvgIpc) is 3.20. The molecule has 1 amide bonds. The second-order valence-corrected chi connectivity index (χ2v) is 7.71. The molecule has 0 spiro atoms. The van der Waals surface area contributed by atoms with E-state index in [2.05, 4.69) is 5.32 Å². The first-order chi connectivity index (χ1) is 11.8. The van der Waals surface area contributed by atoms with Crippen LogP contribution in [-0.4, -0.2) is 16.5 Å². The fourth-order valence-corrected chi connectivity index (χ4v) is 5.46.